The average Bonchev–Trinajstić information content (AvgIpc) is 3.35. The Morgan fingerprint density at radius 1 is 1.07 bits per heavy atom. The highest BCUT2D eigenvalue weighted by atomic mass is 32.2. The van der Waals surface area contributed by atoms with E-state index in [2.05, 4.69) is 10.1 Å². The van der Waals surface area contributed by atoms with Gasteiger partial charge in [-0.25, -0.2) is 8.42 Å². The molecular weight excluding hydrogens is 392 g/mol. The molecule has 1 amide bonds. The van der Waals surface area contributed by atoms with Gasteiger partial charge in [-0.3, -0.25) is 4.79 Å². The lowest BCUT2D eigenvalue weighted by Crippen LogP contribution is -2.41. The maximum atomic E-state index is 13.2. The molecule has 0 N–H and O–H groups in total. The molecule has 2 heterocycles. The van der Waals surface area contributed by atoms with Crippen LogP contribution in [0.25, 0.3) is 0 Å². The fraction of sp³-hybridized carbons (Fsp3) is 0.550. The van der Waals surface area contributed by atoms with Gasteiger partial charge in [0.25, 0.3) is 0 Å². The summed E-state index contributed by atoms with van der Waals surface area (Å²) in [6.45, 7) is 2.59. The van der Waals surface area contributed by atoms with Crippen molar-refractivity contribution in [2.45, 2.75) is 50.0 Å². The third-order valence-corrected chi connectivity index (χ3v) is 7.73. The van der Waals surface area contributed by atoms with Crippen LogP contribution in [0.15, 0.2) is 39.8 Å². The van der Waals surface area contributed by atoms with E-state index in [4.69, 9.17) is 4.52 Å². The molecule has 2 aromatic rings. The summed E-state index contributed by atoms with van der Waals surface area (Å²) in [6, 6.07) is 8.01. The van der Waals surface area contributed by atoms with Crippen LogP contribution in [0, 0.1) is 12.8 Å². The maximum Gasteiger partial charge on any atom is 0.249 e. The van der Waals surface area contributed by atoms with Gasteiger partial charge in [0, 0.05) is 25.6 Å². The quantitative estimate of drug-likeness (QED) is 0.757. The second-order valence-electron chi connectivity index (χ2n) is 7.71. The first kappa shape index (κ1) is 20.0. The Bertz CT molecular complexity index is 954. The molecule has 1 atom stereocenters. The minimum atomic E-state index is -3.63. The number of carbonyl (C=O) groups excluding carboxylic acids is 1. The monoisotopic (exact) mass is 418 g/mol. The van der Waals surface area contributed by atoms with Crippen molar-refractivity contribution in [3.8, 4) is 0 Å². The summed E-state index contributed by atoms with van der Waals surface area (Å²) in [7, 11) is -3.63. The normalized spacial score (nSPS) is 22.0. The first-order chi connectivity index (χ1) is 14.0. The summed E-state index contributed by atoms with van der Waals surface area (Å²) in [5.74, 6) is 0.959. The van der Waals surface area contributed by atoms with Crippen molar-refractivity contribution in [3.63, 3.8) is 0 Å². The second kappa shape index (κ2) is 8.23. The van der Waals surface area contributed by atoms with Crippen molar-refractivity contribution in [2.75, 3.05) is 19.6 Å². The Balaban J connectivity index is 1.61. The summed E-state index contributed by atoms with van der Waals surface area (Å²) in [5.41, 5.74) is 0. The fourth-order valence-corrected chi connectivity index (χ4v) is 5.73. The van der Waals surface area contributed by atoms with Crippen LogP contribution in [0.5, 0.6) is 0 Å². The smallest absolute Gasteiger partial charge is 0.249 e. The molecule has 1 aromatic heterocycles. The van der Waals surface area contributed by atoms with E-state index in [1.807, 2.05) is 0 Å². The molecule has 2 aliphatic rings. The molecule has 1 saturated carbocycles. The number of hydrogen-bond acceptors (Lipinski definition) is 6. The lowest BCUT2D eigenvalue weighted by Gasteiger charge is -2.29. The fourth-order valence-electron chi connectivity index (χ4n) is 4.27. The molecule has 0 bridgehead atoms. The van der Waals surface area contributed by atoms with Crippen LogP contribution in [0.2, 0.25) is 0 Å². The Morgan fingerprint density at radius 2 is 1.79 bits per heavy atom. The number of nitrogens with zero attached hydrogens (tertiary/aromatic N) is 4. The van der Waals surface area contributed by atoms with Crippen molar-refractivity contribution >= 4 is 15.9 Å². The lowest BCUT2D eigenvalue weighted by molar-refractivity contribution is -0.138. The topological polar surface area (TPSA) is 96.6 Å². The summed E-state index contributed by atoms with van der Waals surface area (Å²) < 4.78 is 33.0. The third-order valence-electron chi connectivity index (χ3n) is 5.82. The number of sulfonamides is 1. The summed E-state index contributed by atoms with van der Waals surface area (Å²) in [4.78, 5) is 19.6. The Labute approximate surface area is 170 Å². The molecule has 0 radical (unpaired) electrons. The zero-order valence-corrected chi connectivity index (χ0v) is 17.3. The van der Waals surface area contributed by atoms with Gasteiger partial charge in [0.2, 0.25) is 21.8 Å². The first-order valence-corrected chi connectivity index (χ1v) is 11.6. The van der Waals surface area contributed by atoms with E-state index in [1.54, 1.807) is 42.2 Å². The van der Waals surface area contributed by atoms with E-state index in [9.17, 15) is 13.2 Å². The van der Waals surface area contributed by atoms with Crippen molar-refractivity contribution in [1.82, 2.24) is 19.3 Å². The van der Waals surface area contributed by atoms with Gasteiger partial charge in [-0.05, 0) is 38.3 Å². The van der Waals surface area contributed by atoms with Crippen molar-refractivity contribution in [3.05, 3.63) is 42.0 Å². The highest BCUT2D eigenvalue weighted by molar-refractivity contribution is 7.89. The van der Waals surface area contributed by atoms with Crippen LogP contribution in [-0.2, 0) is 14.8 Å². The minimum Gasteiger partial charge on any atom is -0.337 e. The van der Waals surface area contributed by atoms with Crippen molar-refractivity contribution in [2.24, 2.45) is 5.92 Å². The molecular formula is C20H26N4O4S. The predicted molar refractivity (Wildman–Crippen MR) is 105 cm³/mol. The van der Waals surface area contributed by atoms with E-state index >= 15 is 0 Å². The van der Waals surface area contributed by atoms with Gasteiger partial charge in [0.1, 0.15) is 6.04 Å². The van der Waals surface area contributed by atoms with Crippen LogP contribution >= 0.6 is 0 Å². The van der Waals surface area contributed by atoms with Gasteiger partial charge >= 0.3 is 0 Å². The second-order valence-corrected chi connectivity index (χ2v) is 9.65. The van der Waals surface area contributed by atoms with Gasteiger partial charge in [0.15, 0.2) is 5.82 Å². The lowest BCUT2D eigenvalue weighted by atomic mass is 10.0. The summed E-state index contributed by atoms with van der Waals surface area (Å²) in [5, 5.41) is 3.87. The minimum absolute atomic E-state index is 0.00111. The van der Waals surface area contributed by atoms with Crippen LogP contribution < -0.4 is 0 Å². The number of aryl methyl sites for hydroxylation is 1. The molecule has 0 spiro atoms. The SMILES string of the molecule is Cc1noc(C2CCN(S(=O)(=O)c3ccccc3)CCN2C(=O)C2CCCC2)n1. The first-order valence-electron chi connectivity index (χ1n) is 10.1. The number of carbonyl (C=O) groups is 1. The molecule has 2 fully saturated rings. The predicted octanol–water partition coefficient (Wildman–Crippen LogP) is 2.53. The molecule has 8 nitrogen and oxygen atoms in total. The molecule has 1 aromatic carbocycles. The number of hydrogen-bond donors (Lipinski definition) is 0. The molecule has 1 unspecified atom stereocenters. The van der Waals surface area contributed by atoms with Crippen LogP contribution in [0.3, 0.4) is 0 Å². The van der Waals surface area contributed by atoms with E-state index in [0.29, 0.717) is 24.7 Å². The largest absolute Gasteiger partial charge is 0.337 e. The molecule has 156 valence electrons. The molecule has 9 heteroatoms. The van der Waals surface area contributed by atoms with Crippen molar-refractivity contribution < 1.29 is 17.7 Å². The zero-order chi connectivity index (χ0) is 20.4. The molecule has 1 saturated heterocycles. The Morgan fingerprint density at radius 3 is 2.45 bits per heavy atom. The molecule has 1 aliphatic carbocycles. The highest BCUT2D eigenvalue weighted by Crippen LogP contribution is 2.33. The van der Waals surface area contributed by atoms with Crippen molar-refractivity contribution in [1.29, 1.82) is 0 Å². The number of amides is 1. The van der Waals surface area contributed by atoms with E-state index in [0.717, 1.165) is 25.7 Å². The third kappa shape index (κ3) is 4.06. The summed E-state index contributed by atoms with van der Waals surface area (Å²) >= 11 is 0. The average molecular weight is 419 g/mol. The number of rotatable bonds is 4. The maximum absolute atomic E-state index is 13.2. The van der Waals surface area contributed by atoms with Gasteiger partial charge < -0.3 is 9.42 Å². The van der Waals surface area contributed by atoms with Gasteiger partial charge in [-0.15, -0.1) is 0 Å². The Hall–Kier alpha value is -2.26. The van der Waals surface area contributed by atoms with E-state index in [-0.39, 0.29) is 29.8 Å². The van der Waals surface area contributed by atoms with Crippen LogP contribution in [-0.4, -0.2) is 53.3 Å². The van der Waals surface area contributed by atoms with Gasteiger partial charge in [0.05, 0.1) is 4.90 Å². The van der Waals surface area contributed by atoms with E-state index < -0.39 is 16.1 Å². The van der Waals surface area contributed by atoms with Crippen LogP contribution in [0.1, 0.15) is 49.9 Å². The molecule has 1 aliphatic heterocycles. The molecule has 29 heavy (non-hydrogen) atoms. The number of aromatic nitrogens is 2. The Kier molecular flexibility index (Phi) is 5.69. The standard InChI is InChI=1S/C20H26N4O4S/c1-15-21-19(28-22-15)18-11-12-23(29(26,27)17-9-3-2-4-10-17)13-14-24(18)20(25)16-7-5-6-8-16/h2-4,9-10,16,18H,5-8,11-14H2,1H3. The molecule has 4 rings (SSSR count). The van der Waals surface area contributed by atoms with Gasteiger partial charge in [-0.1, -0.05) is 36.2 Å². The highest BCUT2D eigenvalue weighted by Gasteiger charge is 2.38. The summed E-state index contributed by atoms with van der Waals surface area (Å²) in [6.07, 6.45) is 4.31. The van der Waals surface area contributed by atoms with Gasteiger partial charge in [-0.2, -0.15) is 9.29 Å². The van der Waals surface area contributed by atoms with Crippen LogP contribution in [0.4, 0.5) is 0 Å². The zero-order valence-electron chi connectivity index (χ0n) is 16.5. The van der Waals surface area contributed by atoms with E-state index in [1.165, 1.54) is 4.31 Å². The number of benzene rings is 1.